The number of hydrogen-bond acceptors (Lipinski definition) is 2. The van der Waals surface area contributed by atoms with Crippen molar-refractivity contribution in [2.45, 2.75) is 45.8 Å². The Bertz CT molecular complexity index is 378. The molecule has 0 heterocycles. The van der Waals surface area contributed by atoms with Crippen molar-refractivity contribution in [3.63, 3.8) is 0 Å². The van der Waals surface area contributed by atoms with Crippen molar-refractivity contribution in [2.75, 3.05) is 0 Å². The van der Waals surface area contributed by atoms with Gasteiger partial charge in [-0.15, -0.1) is 0 Å². The van der Waals surface area contributed by atoms with Gasteiger partial charge in [0.25, 0.3) is 5.91 Å². The normalized spacial score (nSPS) is 13.8. The number of carbonyl (C=O) groups is 1. The smallest absolute Gasteiger partial charge is 0.261 e. The molecule has 100 valence electrons. The number of nitrogens with one attached hydrogen (secondary N) is 1. The highest BCUT2D eigenvalue weighted by atomic mass is 19.1. The van der Waals surface area contributed by atoms with E-state index in [1.165, 1.54) is 24.3 Å². The fourth-order valence-corrected chi connectivity index (χ4v) is 1.44. The Morgan fingerprint density at radius 2 is 1.89 bits per heavy atom. The number of carbonyl (C=O) groups excluding carboxylic acids is 1. The lowest BCUT2D eigenvalue weighted by molar-refractivity contribution is -0.128. The first-order chi connectivity index (χ1) is 8.56. The van der Waals surface area contributed by atoms with E-state index >= 15 is 0 Å². The van der Waals surface area contributed by atoms with Crippen LogP contribution in [0.2, 0.25) is 0 Å². The molecular formula is C14H20FNO2. The molecule has 0 saturated carbocycles. The van der Waals surface area contributed by atoms with Gasteiger partial charge in [0.2, 0.25) is 0 Å². The molecule has 1 aromatic rings. The number of benzene rings is 1. The van der Waals surface area contributed by atoms with E-state index in [4.69, 9.17) is 4.74 Å². The fourth-order valence-electron chi connectivity index (χ4n) is 1.44. The molecule has 1 aromatic carbocycles. The van der Waals surface area contributed by atoms with Crippen LogP contribution in [-0.4, -0.2) is 18.1 Å². The summed E-state index contributed by atoms with van der Waals surface area (Å²) in [7, 11) is 0. The second-order valence-electron chi connectivity index (χ2n) is 4.29. The van der Waals surface area contributed by atoms with E-state index < -0.39 is 6.10 Å². The fraction of sp³-hybridized carbons (Fsp3) is 0.500. The van der Waals surface area contributed by atoms with Crippen molar-refractivity contribution in [3.05, 3.63) is 30.1 Å². The van der Waals surface area contributed by atoms with Crippen LogP contribution in [0, 0.1) is 5.82 Å². The van der Waals surface area contributed by atoms with Gasteiger partial charge in [-0.1, -0.05) is 13.8 Å². The Balaban J connectivity index is 2.61. The van der Waals surface area contributed by atoms with Crippen LogP contribution >= 0.6 is 0 Å². The number of amides is 1. The molecule has 0 aromatic heterocycles. The summed E-state index contributed by atoms with van der Waals surface area (Å²) in [6.07, 6.45) is 0.905. The van der Waals surface area contributed by atoms with Crippen LogP contribution < -0.4 is 10.1 Å². The maximum atomic E-state index is 12.7. The van der Waals surface area contributed by atoms with Crippen molar-refractivity contribution in [1.29, 1.82) is 0 Å². The number of hydrogen-bond donors (Lipinski definition) is 1. The van der Waals surface area contributed by atoms with Gasteiger partial charge in [0, 0.05) is 6.04 Å². The summed E-state index contributed by atoms with van der Waals surface area (Å²) >= 11 is 0. The van der Waals surface area contributed by atoms with Crippen LogP contribution in [0.3, 0.4) is 0 Å². The van der Waals surface area contributed by atoms with E-state index in [2.05, 4.69) is 5.32 Å². The standard InChI is InChI=1S/C14H20FNO2/c1-4-10(3)16-14(17)13(5-2)18-12-8-6-11(15)7-9-12/h6-10,13H,4-5H2,1-3H3,(H,16,17)/t10-,13+/m1/s1. The number of ether oxygens (including phenoxy) is 1. The molecule has 1 N–H and O–H groups in total. The molecule has 2 atom stereocenters. The summed E-state index contributed by atoms with van der Waals surface area (Å²) in [5.74, 6) is 0.0539. The van der Waals surface area contributed by atoms with Gasteiger partial charge in [-0.2, -0.15) is 0 Å². The Hall–Kier alpha value is -1.58. The highest BCUT2D eigenvalue weighted by molar-refractivity contribution is 5.81. The Morgan fingerprint density at radius 3 is 2.39 bits per heavy atom. The van der Waals surface area contributed by atoms with Crippen molar-refractivity contribution in [3.8, 4) is 5.75 Å². The summed E-state index contributed by atoms with van der Waals surface area (Å²) in [5, 5.41) is 2.87. The highest BCUT2D eigenvalue weighted by Crippen LogP contribution is 2.14. The van der Waals surface area contributed by atoms with Crippen LogP contribution in [0.25, 0.3) is 0 Å². The molecule has 1 amide bonds. The average Bonchev–Trinajstić information content (AvgIpc) is 2.37. The molecule has 0 aliphatic rings. The van der Waals surface area contributed by atoms with Crippen LogP contribution in [0.15, 0.2) is 24.3 Å². The Morgan fingerprint density at radius 1 is 1.28 bits per heavy atom. The molecule has 0 bridgehead atoms. The Labute approximate surface area is 107 Å². The molecular weight excluding hydrogens is 233 g/mol. The molecule has 3 nitrogen and oxygen atoms in total. The quantitative estimate of drug-likeness (QED) is 0.846. The first-order valence-electron chi connectivity index (χ1n) is 6.29. The molecule has 0 spiro atoms. The van der Waals surface area contributed by atoms with Gasteiger partial charge >= 0.3 is 0 Å². The minimum Gasteiger partial charge on any atom is -0.481 e. The first-order valence-corrected chi connectivity index (χ1v) is 6.29. The molecule has 0 aliphatic heterocycles. The zero-order valence-corrected chi connectivity index (χ0v) is 11.1. The summed E-state index contributed by atoms with van der Waals surface area (Å²) in [6, 6.07) is 5.80. The van der Waals surface area contributed by atoms with Crippen molar-refractivity contribution in [2.24, 2.45) is 0 Å². The van der Waals surface area contributed by atoms with Crippen LogP contribution in [0.4, 0.5) is 4.39 Å². The molecule has 1 rings (SSSR count). The van der Waals surface area contributed by atoms with E-state index in [-0.39, 0.29) is 17.8 Å². The van der Waals surface area contributed by atoms with Crippen molar-refractivity contribution < 1.29 is 13.9 Å². The molecule has 0 aliphatic carbocycles. The maximum Gasteiger partial charge on any atom is 0.261 e. The lowest BCUT2D eigenvalue weighted by atomic mass is 10.2. The second kappa shape index (κ2) is 6.99. The topological polar surface area (TPSA) is 38.3 Å². The third-order valence-electron chi connectivity index (χ3n) is 2.76. The van der Waals surface area contributed by atoms with Gasteiger partial charge < -0.3 is 10.1 Å². The highest BCUT2D eigenvalue weighted by Gasteiger charge is 2.19. The third-order valence-corrected chi connectivity index (χ3v) is 2.76. The molecule has 0 radical (unpaired) electrons. The zero-order chi connectivity index (χ0) is 13.5. The molecule has 0 saturated heterocycles. The van der Waals surface area contributed by atoms with Crippen LogP contribution in [-0.2, 0) is 4.79 Å². The second-order valence-corrected chi connectivity index (χ2v) is 4.29. The van der Waals surface area contributed by atoms with Crippen molar-refractivity contribution >= 4 is 5.91 Å². The van der Waals surface area contributed by atoms with E-state index in [0.717, 1.165) is 6.42 Å². The van der Waals surface area contributed by atoms with E-state index in [0.29, 0.717) is 12.2 Å². The first kappa shape index (κ1) is 14.5. The molecule has 0 fully saturated rings. The third kappa shape index (κ3) is 4.35. The minimum atomic E-state index is -0.538. The van der Waals surface area contributed by atoms with E-state index in [1.807, 2.05) is 20.8 Å². The van der Waals surface area contributed by atoms with Gasteiger partial charge in [0.05, 0.1) is 0 Å². The van der Waals surface area contributed by atoms with E-state index in [9.17, 15) is 9.18 Å². The lowest BCUT2D eigenvalue weighted by Gasteiger charge is -2.19. The van der Waals surface area contributed by atoms with Gasteiger partial charge in [-0.3, -0.25) is 4.79 Å². The van der Waals surface area contributed by atoms with Crippen LogP contribution in [0.5, 0.6) is 5.75 Å². The summed E-state index contributed by atoms with van der Waals surface area (Å²) in [4.78, 5) is 11.9. The Kier molecular flexibility index (Phi) is 5.62. The van der Waals surface area contributed by atoms with Crippen LogP contribution in [0.1, 0.15) is 33.6 Å². The molecule has 4 heteroatoms. The lowest BCUT2D eigenvalue weighted by Crippen LogP contribution is -2.42. The largest absolute Gasteiger partial charge is 0.481 e. The zero-order valence-electron chi connectivity index (χ0n) is 11.1. The average molecular weight is 253 g/mol. The van der Waals surface area contributed by atoms with Gasteiger partial charge in [-0.05, 0) is 44.0 Å². The van der Waals surface area contributed by atoms with Gasteiger partial charge in [-0.25, -0.2) is 4.39 Å². The monoisotopic (exact) mass is 253 g/mol. The summed E-state index contributed by atoms with van der Waals surface area (Å²) in [5.41, 5.74) is 0. The minimum absolute atomic E-state index is 0.128. The maximum absolute atomic E-state index is 12.7. The number of halogens is 1. The van der Waals surface area contributed by atoms with Crippen molar-refractivity contribution in [1.82, 2.24) is 5.32 Å². The van der Waals surface area contributed by atoms with E-state index in [1.54, 1.807) is 0 Å². The predicted octanol–water partition coefficient (Wildman–Crippen LogP) is 2.90. The number of rotatable bonds is 6. The van der Waals surface area contributed by atoms with Gasteiger partial charge in [0.15, 0.2) is 6.10 Å². The SMILES string of the molecule is CC[C@@H](C)NC(=O)[C@H](CC)Oc1ccc(F)cc1. The van der Waals surface area contributed by atoms with Gasteiger partial charge in [0.1, 0.15) is 11.6 Å². The molecule has 18 heavy (non-hydrogen) atoms. The predicted molar refractivity (Wildman–Crippen MR) is 69.0 cm³/mol. The summed E-state index contributed by atoms with van der Waals surface area (Å²) < 4.78 is 18.3. The molecule has 0 unspecified atom stereocenters. The summed E-state index contributed by atoms with van der Waals surface area (Å²) in [6.45, 7) is 5.83.